The topological polar surface area (TPSA) is 15.3 Å². The van der Waals surface area contributed by atoms with Gasteiger partial charge in [0.15, 0.2) is 4.46 Å². The van der Waals surface area contributed by atoms with Crippen molar-refractivity contribution in [1.82, 2.24) is 10.2 Å². The fraction of sp³-hybridized carbons (Fsp3) is 1.00. The average Bonchev–Trinajstić information content (AvgIpc) is 1.94. The van der Waals surface area contributed by atoms with Gasteiger partial charge in [0.05, 0.1) is 0 Å². The number of hydrogen-bond donors (Lipinski definition) is 1. The minimum Gasteiger partial charge on any atom is -0.311 e. The first kappa shape index (κ1) is 9.52. The van der Waals surface area contributed by atoms with Crippen LogP contribution in [0.3, 0.4) is 0 Å². The summed E-state index contributed by atoms with van der Waals surface area (Å²) in [4.78, 5) is 1.73. The fourth-order valence-corrected chi connectivity index (χ4v) is 1.63. The van der Waals surface area contributed by atoms with Gasteiger partial charge >= 0.3 is 0 Å². The van der Waals surface area contributed by atoms with E-state index in [0.717, 1.165) is 6.54 Å². The van der Waals surface area contributed by atoms with Crippen molar-refractivity contribution in [2.45, 2.75) is 4.46 Å². The van der Waals surface area contributed by atoms with E-state index in [-0.39, 0.29) is 0 Å². The number of nitrogens with zero attached hydrogens (tertiary/aromatic N) is 1. The number of rotatable bonds is 2. The molecule has 0 aliphatic carbocycles. The highest BCUT2D eigenvalue weighted by Gasteiger charge is 2.34. The van der Waals surface area contributed by atoms with Crippen molar-refractivity contribution in [3.8, 4) is 0 Å². The summed E-state index contributed by atoms with van der Waals surface area (Å²) in [5, 5.41) is 3.04. The zero-order valence-corrected chi connectivity index (χ0v) is 7.63. The lowest BCUT2D eigenvalue weighted by atomic mass is 10.3. The van der Waals surface area contributed by atoms with E-state index in [1.54, 1.807) is 4.90 Å². The van der Waals surface area contributed by atoms with Gasteiger partial charge in [0.1, 0.15) is 6.67 Å². The summed E-state index contributed by atoms with van der Waals surface area (Å²) in [6, 6.07) is 0. The molecule has 1 fully saturated rings. The van der Waals surface area contributed by atoms with E-state index >= 15 is 0 Å². The van der Waals surface area contributed by atoms with Crippen LogP contribution < -0.4 is 5.32 Å². The molecule has 0 unspecified atom stereocenters. The molecule has 0 bridgehead atoms. The summed E-state index contributed by atoms with van der Waals surface area (Å²) in [6.45, 7) is 1.93. The number of alkyl halides is 3. The molecule has 1 aliphatic rings. The lowest BCUT2D eigenvalue weighted by Gasteiger charge is -2.37. The zero-order valence-electron chi connectivity index (χ0n) is 6.12. The van der Waals surface area contributed by atoms with Gasteiger partial charge in [0.25, 0.3) is 0 Å². The molecule has 1 aliphatic heterocycles. The van der Waals surface area contributed by atoms with Crippen molar-refractivity contribution >= 4 is 23.2 Å². The van der Waals surface area contributed by atoms with E-state index in [4.69, 9.17) is 23.2 Å². The van der Waals surface area contributed by atoms with Crippen LogP contribution in [0.1, 0.15) is 0 Å². The smallest absolute Gasteiger partial charge is 0.183 e. The Labute approximate surface area is 75.6 Å². The molecule has 1 rings (SSSR count). The third-order valence-electron chi connectivity index (χ3n) is 1.71. The molecule has 2 nitrogen and oxygen atoms in total. The molecule has 0 aromatic carbocycles. The third kappa shape index (κ3) is 2.44. The molecule has 0 radical (unpaired) electrons. The SMILES string of the molecule is FCCN1CCNCC1(Cl)Cl. The van der Waals surface area contributed by atoms with E-state index < -0.39 is 11.1 Å². The largest absolute Gasteiger partial charge is 0.311 e. The van der Waals surface area contributed by atoms with E-state index in [1.807, 2.05) is 0 Å². The summed E-state index contributed by atoms with van der Waals surface area (Å²) in [5.41, 5.74) is 0. The fourth-order valence-electron chi connectivity index (χ4n) is 1.11. The predicted molar refractivity (Wildman–Crippen MR) is 44.9 cm³/mol. The summed E-state index contributed by atoms with van der Waals surface area (Å²) in [6.07, 6.45) is 0. The lowest BCUT2D eigenvalue weighted by Crippen LogP contribution is -2.55. The molecule has 66 valence electrons. The summed E-state index contributed by atoms with van der Waals surface area (Å²) in [7, 11) is 0. The van der Waals surface area contributed by atoms with Crippen LogP contribution in [0.5, 0.6) is 0 Å². The van der Waals surface area contributed by atoms with Gasteiger partial charge in [0, 0.05) is 26.2 Å². The van der Waals surface area contributed by atoms with E-state index in [0.29, 0.717) is 19.6 Å². The zero-order chi connectivity index (χ0) is 8.32. The highest BCUT2D eigenvalue weighted by atomic mass is 35.5. The Kier molecular flexibility index (Phi) is 3.37. The molecule has 0 aromatic rings. The number of halogens is 3. The lowest BCUT2D eigenvalue weighted by molar-refractivity contribution is 0.173. The van der Waals surface area contributed by atoms with Gasteiger partial charge in [-0.1, -0.05) is 23.2 Å². The molecular weight excluding hydrogens is 190 g/mol. The third-order valence-corrected chi connectivity index (χ3v) is 2.46. The van der Waals surface area contributed by atoms with Gasteiger partial charge in [-0.25, -0.2) is 4.39 Å². The maximum Gasteiger partial charge on any atom is 0.183 e. The Bertz CT molecular complexity index is 130. The van der Waals surface area contributed by atoms with Crippen LogP contribution >= 0.6 is 23.2 Å². The average molecular weight is 201 g/mol. The van der Waals surface area contributed by atoms with Crippen molar-refractivity contribution < 1.29 is 4.39 Å². The molecule has 1 heterocycles. The van der Waals surface area contributed by atoms with Crippen LogP contribution in [0.4, 0.5) is 4.39 Å². The molecule has 1 saturated heterocycles. The molecule has 5 heteroatoms. The Balaban J connectivity index is 2.45. The quantitative estimate of drug-likeness (QED) is 0.529. The van der Waals surface area contributed by atoms with E-state index in [9.17, 15) is 4.39 Å². The minimum atomic E-state index is -0.926. The highest BCUT2D eigenvalue weighted by molar-refractivity contribution is 6.48. The molecule has 0 amide bonds. The second-order valence-electron chi connectivity index (χ2n) is 2.52. The van der Waals surface area contributed by atoms with Crippen LogP contribution in [-0.2, 0) is 0 Å². The molecular formula is C6H11Cl2FN2. The first-order valence-corrected chi connectivity index (χ1v) is 4.32. The Morgan fingerprint density at radius 1 is 1.55 bits per heavy atom. The van der Waals surface area contributed by atoms with Crippen LogP contribution in [0.25, 0.3) is 0 Å². The molecule has 1 N–H and O–H groups in total. The number of nitrogens with one attached hydrogen (secondary N) is 1. The van der Waals surface area contributed by atoms with Gasteiger partial charge < -0.3 is 5.32 Å². The summed E-state index contributed by atoms with van der Waals surface area (Å²) >= 11 is 11.8. The monoisotopic (exact) mass is 200 g/mol. The molecule has 0 atom stereocenters. The Morgan fingerprint density at radius 2 is 2.27 bits per heavy atom. The van der Waals surface area contributed by atoms with Gasteiger partial charge in [0.2, 0.25) is 0 Å². The van der Waals surface area contributed by atoms with Crippen molar-refractivity contribution in [3.05, 3.63) is 0 Å². The summed E-state index contributed by atoms with van der Waals surface area (Å²) < 4.78 is 11.0. The van der Waals surface area contributed by atoms with Crippen molar-refractivity contribution in [3.63, 3.8) is 0 Å². The molecule has 0 spiro atoms. The molecule has 0 saturated carbocycles. The molecule has 11 heavy (non-hydrogen) atoms. The maximum atomic E-state index is 11.9. The van der Waals surface area contributed by atoms with Gasteiger partial charge in [-0.15, -0.1) is 0 Å². The minimum absolute atomic E-state index is 0.314. The summed E-state index contributed by atoms with van der Waals surface area (Å²) in [5.74, 6) is 0. The maximum absolute atomic E-state index is 11.9. The van der Waals surface area contributed by atoms with Crippen LogP contribution in [0.15, 0.2) is 0 Å². The van der Waals surface area contributed by atoms with Gasteiger partial charge in [-0.05, 0) is 0 Å². The van der Waals surface area contributed by atoms with E-state index in [2.05, 4.69) is 5.32 Å². The number of hydrogen-bond acceptors (Lipinski definition) is 2. The number of piperazine rings is 1. The first-order valence-electron chi connectivity index (χ1n) is 3.56. The Hall–Kier alpha value is 0.430. The second-order valence-corrected chi connectivity index (χ2v) is 3.96. The van der Waals surface area contributed by atoms with Crippen molar-refractivity contribution in [2.24, 2.45) is 0 Å². The Morgan fingerprint density at radius 3 is 2.82 bits per heavy atom. The van der Waals surface area contributed by atoms with Crippen LogP contribution in [0.2, 0.25) is 0 Å². The van der Waals surface area contributed by atoms with Crippen molar-refractivity contribution in [2.75, 3.05) is 32.9 Å². The first-order chi connectivity index (χ1) is 5.17. The molecule has 0 aromatic heterocycles. The van der Waals surface area contributed by atoms with E-state index in [1.165, 1.54) is 0 Å². The second kappa shape index (κ2) is 3.90. The van der Waals surface area contributed by atoms with Crippen LogP contribution in [0, 0.1) is 0 Å². The van der Waals surface area contributed by atoms with Crippen LogP contribution in [-0.4, -0.2) is 42.2 Å². The normalized spacial score (nSPS) is 25.4. The van der Waals surface area contributed by atoms with Crippen molar-refractivity contribution in [1.29, 1.82) is 0 Å². The standard InChI is InChI=1S/C6H11Cl2FN2/c7-6(8)5-10-2-4-11(6)3-1-9/h10H,1-5H2. The van der Waals surface area contributed by atoms with Gasteiger partial charge in [-0.3, -0.25) is 4.90 Å². The highest BCUT2D eigenvalue weighted by Crippen LogP contribution is 2.26. The van der Waals surface area contributed by atoms with Gasteiger partial charge in [-0.2, -0.15) is 0 Å². The predicted octanol–water partition coefficient (Wildman–Crippen LogP) is 0.992.